The van der Waals surface area contributed by atoms with Crippen LogP contribution in [-0.4, -0.2) is 9.13 Å². The molecule has 0 spiro atoms. The quantitative estimate of drug-likeness (QED) is 0.196. The van der Waals surface area contributed by atoms with Crippen LogP contribution in [0.2, 0.25) is 0 Å². The first kappa shape index (κ1) is 26.5. The van der Waals surface area contributed by atoms with E-state index >= 15 is 0 Å². The fourth-order valence-corrected chi connectivity index (χ4v) is 9.45. The van der Waals surface area contributed by atoms with Gasteiger partial charge in [0, 0.05) is 48.5 Å². The monoisotopic (exact) mass is 619 g/mol. The van der Waals surface area contributed by atoms with Crippen LogP contribution in [0.4, 0.5) is 5.69 Å². The van der Waals surface area contributed by atoms with Crippen LogP contribution in [0.15, 0.2) is 127 Å². The maximum absolute atomic E-state index is 6.93. The number of nitrogens with two attached hydrogens (primary N) is 1. The largest absolute Gasteiger partial charge is 0.398 e. The SMILES string of the molecule is CC1Cc2c(c3ccc(-c4c(N)cccc4-n4c5ccc#cc5c5ccccc54)cc3n2-c2ccccc2)-c2sc3ccccc3c21. The van der Waals surface area contributed by atoms with Crippen LogP contribution < -0.4 is 5.73 Å². The van der Waals surface area contributed by atoms with Crippen LogP contribution in [0.3, 0.4) is 0 Å². The summed E-state index contributed by atoms with van der Waals surface area (Å²) in [5.41, 5.74) is 19.7. The van der Waals surface area contributed by atoms with Gasteiger partial charge in [-0.15, -0.1) is 11.3 Å². The molecular weight excluding hydrogens is 591 g/mol. The Bertz CT molecular complexity index is 2640. The lowest BCUT2D eigenvalue weighted by atomic mass is 9.85. The Balaban J connectivity index is 1.28. The first-order valence-electron chi connectivity index (χ1n) is 16.1. The van der Waals surface area contributed by atoms with Crippen molar-refractivity contribution in [3.63, 3.8) is 0 Å². The fraction of sp³-hybridized carbons (Fsp3) is 0.0698. The average Bonchev–Trinajstić information content (AvgIpc) is 3.76. The van der Waals surface area contributed by atoms with Crippen molar-refractivity contribution in [2.45, 2.75) is 19.3 Å². The molecule has 6 aromatic carbocycles. The third kappa shape index (κ3) is 3.69. The number of para-hydroxylation sites is 2. The molecule has 47 heavy (non-hydrogen) atoms. The molecule has 222 valence electrons. The van der Waals surface area contributed by atoms with E-state index in [1.807, 2.05) is 23.5 Å². The molecule has 4 heteroatoms. The molecule has 1 aliphatic carbocycles. The maximum Gasteiger partial charge on any atom is 0.0632 e. The van der Waals surface area contributed by atoms with Crippen LogP contribution in [0.1, 0.15) is 24.1 Å². The van der Waals surface area contributed by atoms with E-state index in [4.69, 9.17) is 5.73 Å². The Hall–Kier alpha value is -5.76. The van der Waals surface area contributed by atoms with Crippen molar-refractivity contribution in [2.24, 2.45) is 0 Å². The number of aromatic nitrogens is 2. The highest BCUT2D eigenvalue weighted by Crippen LogP contribution is 2.52. The third-order valence-electron chi connectivity index (χ3n) is 9.97. The van der Waals surface area contributed by atoms with Gasteiger partial charge in [0.05, 0.1) is 27.6 Å². The normalized spacial score (nSPS) is 14.1. The highest BCUT2D eigenvalue weighted by Gasteiger charge is 2.32. The van der Waals surface area contributed by atoms with Crippen molar-refractivity contribution in [2.75, 3.05) is 5.73 Å². The van der Waals surface area contributed by atoms with E-state index in [2.05, 4.69) is 143 Å². The van der Waals surface area contributed by atoms with E-state index in [0.29, 0.717) is 5.92 Å². The molecule has 3 heterocycles. The molecular formula is C43H29N3S. The second kappa shape index (κ2) is 9.87. The van der Waals surface area contributed by atoms with Crippen molar-refractivity contribution in [3.05, 3.63) is 151 Å². The minimum absolute atomic E-state index is 0.417. The molecule has 0 amide bonds. The second-order valence-electron chi connectivity index (χ2n) is 12.6. The molecule has 1 unspecified atom stereocenters. The number of hydrogen-bond acceptors (Lipinski definition) is 2. The van der Waals surface area contributed by atoms with Gasteiger partial charge in [-0.2, -0.15) is 0 Å². The first-order chi connectivity index (χ1) is 23.2. The van der Waals surface area contributed by atoms with E-state index in [1.165, 1.54) is 48.4 Å². The van der Waals surface area contributed by atoms with Gasteiger partial charge < -0.3 is 14.9 Å². The maximum atomic E-state index is 6.93. The van der Waals surface area contributed by atoms with Crippen LogP contribution in [0.5, 0.6) is 0 Å². The first-order valence-corrected chi connectivity index (χ1v) is 16.9. The van der Waals surface area contributed by atoms with Crippen LogP contribution in [0, 0.1) is 12.1 Å². The summed E-state index contributed by atoms with van der Waals surface area (Å²) in [7, 11) is 0. The minimum atomic E-state index is 0.417. The van der Waals surface area contributed by atoms with E-state index in [0.717, 1.165) is 50.7 Å². The van der Waals surface area contributed by atoms with Gasteiger partial charge in [-0.3, -0.25) is 0 Å². The number of benzene rings is 5. The minimum Gasteiger partial charge on any atom is -0.398 e. The lowest BCUT2D eigenvalue weighted by Crippen LogP contribution is -2.10. The molecule has 1 aliphatic rings. The predicted molar refractivity (Wildman–Crippen MR) is 198 cm³/mol. The predicted octanol–water partition coefficient (Wildman–Crippen LogP) is 11.1. The van der Waals surface area contributed by atoms with Crippen molar-refractivity contribution >= 4 is 59.8 Å². The number of rotatable bonds is 3. The van der Waals surface area contributed by atoms with Gasteiger partial charge in [-0.1, -0.05) is 91.9 Å². The topological polar surface area (TPSA) is 35.9 Å². The summed E-state index contributed by atoms with van der Waals surface area (Å²) < 4.78 is 6.19. The van der Waals surface area contributed by atoms with E-state index in [9.17, 15) is 0 Å². The Kier molecular flexibility index (Phi) is 5.55. The summed E-state index contributed by atoms with van der Waals surface area (Å²) in [4.78, 5) is 1.41. The number of fused-ring (bicyclic) bond motifs is 10. The van der Waals surface area contributed by atoms with Gasteiger partial charge in [-0.25, -0.2) is 0 Å². The van der Waals surface area contributed by atoms with Crippen LogP contribution in [0.25, 0.3) is 75.7 Å². The highest BCUT2D eigenvalue weighted by molar-refractivity contribution is 7.22. The van der Waals surface area contributed by atoms with Gasteiger partial charge in [-0.05, 0) is 83.4 Å². The zero-order chi connectivity index (χ0) is 31.2. The van der Waals surface area contributed by atoms with Crippen molar-refractivity contribution in [3.8, 4) is 32.9 Å². The highest BCUT2D eigenvalue weighted by atomic mass is 32.1. The number of thiophene rings is 1. The number of nitrogen functional groups attached to an aromatic ring is 1. The number of anilines is 1. The number of hydrogen-bond donors (Lipinski definition) is 1. The Morgan fingerprint density at radius 2 is 1.51 bits per heavy atom. The fourth-order valence-electron chi connectivity index (χ4n) is 8.05. The molecule has 0 fully saturated rings. The summed E-state index contributed by atoms with van der Waals surface area (Å²) in [6.45, 7) is 2.39. The molecule has 0 saturated heterocycles. The number of nitrogens with zero attached hydrogens (tertiary/aromatic N) is 2. The summed E-state index contributed by atoms with van der Waals surface area (Å²) in [6, 6.07) is 52.1. The van der Waals surface area contributed by atoms with E-state index in [1.54, 1.807) is 0 Å². The molecule has 3 aromatic heterocycles. The summed E-state index contributed by atoms with van der Waals surface area (Å²) in [6.07, 6.45) is 0.982. The van der Waals surface area contributed by atoms with Gasteiger partial charge in [0.1, 0.15) is 0 Å². The molecule has 1 atom stereocenters. The standard InChI is InChI=1S/C43H29N3S/c1-26-24-38-42(43-40(26)32-16-7-10-21-39(32)47-43)31-23-22-27(25-37(31)45(38)28-12-3-2-4-13-28)41-33(44)17-11-20-36(41)46-34-18-8-5-14-29(34)30-15-6-9-19-35(30)46/h2-5,7-14,16-23,25-26H,24,44H2,1H3. The third-order valence-corrected chi connectivity index (χ3v) is 11.2. The lowest BCUT2D eigenvalue weighted by Gasteiger charge is -2.22. The Labute approximate surface area is 276 Å². The average molecular weight is 620 g/mol. The Morgan fingerprint density at radius 1 is 0.702 bits per heavy atom. The summed E-state index contributed by atoms with van der Waals surface area (Å²) >= 11 is 1.93. The molecule has 2 N–H and O–H groups in total. The molecule has 0 bridgehead atoms. The van der Waals surface area contributed by atoms with Crippen molar-refractivity contribution < 1.29 is 0 Å². The van der Waals surface area contributed by atoms with Gasteiger partial charge >= 0.3 is 0 Å². The summed E-state index contributed by atoms with van der Waals surface area (Å²) in [5, 5.41) is 4.89. The smallest absolute Gasteiger partial charge is 0.0632 e. The summed E-state index contributed by atoms with van der Waals surface area (Å²) in [5.74, 6) is 0.417. The van der Waals surface area contributed by atoms with Gasteiger partial charge in [0.2, 0.25) is 0 Å². The van der Waals surface area contributed by atoms with Crippen molar-refractivity contribution in [1.82, 2.24) is 9.13 Å². The second-order valence-corrected chi connectivity index (χ2v) is 13.7. The molecule has 3 nitrogen and oxygen atoms in total. The van der Waals surface area contributed by atoms with Crippen LogP contribution >= 0.6 is 11.3 Å². The lowest BCUT2D eigenvalue weighted by molar-refractivity contribution is 0.728. The van der Waals surface area contributed by atoms with E-state index < -0.39 is 0 Å². The molecule has 0 aliphatic heterocycles. The van der Waals surface area contributed by atoms with Gasteiger partial charge in [0.25, 0.3) is 0 Å². The molecule has 0 radical (unpaired) electrons. The van der Waals surface area contributed by atoms with Crippen molar-refractivity contribution in [1.29, 1.82) is 0 Å². The molecule has 10 rings (SSSR count). The molecule has 9 aromatic rings. The van der Waals surface area contributed by atoms with Gasteiger partial charge in [0.15, 0.2) is 0 Å². The Morgan fingerprint density at radius 3 is 2.40 bits per heavy atom. The van der Waals surface area contributed by atoms with E-state index in [-0.39, 0.29) is 0 Å². The zero-order valence-corrected chi connectivity index (χ0v) is 26.6. The van der Waals surface area contributed by atoms with Crippen LogP contribution in [-0.2, 0) is 6.42 Å². The molecule has 0 saturated carbocycles. The zero-order valence-electron chi connectivity index (χ0n) is 25.8.